The number of nitrogens with one attached hydrogen (secondary N) is 1. The summed E-state index contributed by atoms with van der Waals surface area (Å²) in [6.45, 7) is 1.24. The molecule has 5 nitrogen and oxygen atoms in total. The molecule has 0 saturated carbocycles. The zero-order valence-electron chi connectivity index (χ0n) is 11.2. The number of para-hydroxylation sites is 1. The number of hydrogen-bond donors (Lipinski definition) is 2. The van der Waals surface area contributed by atoms with Gasteiger partial charge in [0.2, 0.25) is 5.91 Å². The van der Waals surface area contributed by atoms with Crippen LogP contribution in [0.5, 0.6) is 0 Å². The van der Waals surface area contributed by atoms with Crippen LogP contribution in [0.2, 0.25) is 0 Å². The molecule has 0 aliphatic carbocycles. The lowest BCUT2D eigenvalue weighted by atomic mass is 10.1. The third-order valence-electron chi connectivity index (χ3n) is 4.13. The van der Waals surface area contributed by atoms with Crippen molar-refractivity contribution in [2.24, 2.45) is 5.92 Å². The monoisotopic (exact) mass is 274 g/mol. The molecule has 2 N–H and O–H groups in total. The quantitative estimate of drug-likeness (QED) is 0.873. The van der Waals surface area contributed by atoms with Gasteiger partial charge in [0.15, 0.2) is 0 Å². The van der Waals surface area contributed by atoms with Crippen molar-refractivity contribution in [3.63, 3.8) is 0 Å². The number of nitrogens with zero attached hydrogens (tertiary/aromatic N) is 1. The van der Waals surface area contributed by atoms with E-state index in [4.69, 9.17) is 5.11 Å². The fraction of sp³-hybridized carbons (Fsp3) is 0.467. The molecule has 1 saturated heterocycles. The van der Waals surface area contributed by atoms with Gasteiger partial charge >= 0.3 is 5.97 Å². The molecule has 3 rings (SSSR count). The summed E-state index contributed by atoms with van der Waals surface area (Å²) < 4.78 is 0. The second kappa shape index (κ2) is 5.15. The summed E-state index contributed by atoms with van der Waals surface area (Å²) in [5.74, 6) is -0.593. The normalized spacial score (nSPS) is 24.3. The summed E-state index contributed by atoms with van der Waals surface area (Å²) in [5, 5.41) is 12.1. The molecule has 2 aliphatic rings. The van der Waals surface area contributed by atoms with Crippen LogP contribution in [0.25, 0.3) is 0 Å². The highest BCUT2D eigenvalue weighted by Crippen LogP contribution is 2.28. The largest absolute Gasteiger partial charge is 0.481 e. The molecule has 2 atom stereocenters. The van der Waals surface area contributed by atoms with Crippen LogP contribution >= 0.6 is 0 Å². The van der Waals surface area contributed by atoms with Gasteiger partial charge in [-0.15, -0.1) is 0 Å². The summed E-state index contributed by atoms with van der Waals surface area (Å²) in [5.41, 5.74) is 2.21. The van der Waals surface area contributed by atoms with Crippen LogP contribution in [0.3, 0.4) is 0 Å². The molecule has 2 aliphatic heterocycles. The Bertz CT molecular complexity index is 519. The second-order valence-electron chi connectivity index (χ2n) is 5.60. The predicted octanol–water partition coefficient (Wildman–Crippen LogP) is 1.35. The van der Waals surface area contributed by atoms with Crippen molar-refractivity contribution >= 4 is 17.6 Å². The third-order valence-corrected chi connectivity index (χ3v) is 4.13. The highest BCUT2D eigenvalue weighted by atomic mass is 16.4. The SMILES string of the molecule is O=C(O)CC1CCN(C(=O)[C@@H]2Cc3ccccc3N2)C1. The number of carbonyl (C=O) groups excluding carboxylic acids is 1. The van der Waals surface area contributed by atoms with Crippen LogP contribution in [0.1, 0.15) is 18.4 Å². The van der Waals surface area contributed by atoms with Crippen molar-refractivity contribution < 1.29 is 14.7 Å². The van der Waals surface area contributed by atoms with Crippen molar-refractivity contribution in [3.8, 4) is 0 Å². The predicted molar refractivity (Wildman–Crippen MR) is 74.5 cm³/mol. The van der Waals surface area contributed by atoms with E-state index in [0.717, 1.165) is 18.5 Å². The number of fused-ring (bicyclic) bond motifs is 1. The molecule has 106 valence electrons. The number of carboxylic acids is 1. The first-order valence-corrected chi connectivity index (χ1v) is 6.98. The molecule has 1 aromatic rings. The average molecular weight is 274 g/mol. The standard InChI is InChI=1S/C15H18N2O3/c18-14(19)7-10-5-6-17(9-10)15(20)13-8-11-3-1-2-4-12(11)16-13/h1-4,10,13,16H,5-9H2,(H,18,19)/t10?,13-/m0/s1. The Hall–Kier alpha value is -2.04. The molecular weight excluding hydrogens is 256 g/mol. The Kier molecular flexibility index (Phi) is 3.34. The topological polar surface area (TPSA) is 69.6 Å². The maximum absolute atomic E-state index is 12.5. The Morgan fingerprint density at radius 2 is 2.15 bits per heavy atom. The van der Waals surface area contributed by atoms with Gasteiger partial charge in [0.1, 0.15) is 6.04 Å². The molecule has 1 aromatic carbocycles. The molecule has 0 bridgehead atoms. The summed E-state index contributed by atoms with van der Waals surface area (Å²) in [6, 6.07) is 7.76. The molecule has 0 spiro atoms. The Labute approximate surface area is 117 Å². The molecule has 1 amide bonds. The van der Waals surface area contributed by atoms with E-state index in [-0.39, 0.29) is 24.3 Å². The molecule has 5 heteroatoms. The smallest absolute Gasteiger partial charge is 0.303 e. The number of carboxylic acid groups (broad SMARTS) is 1. The first-order valence-electron chi connectivity index (χ1n) is 6.98. The molecule has 1 unspecified atom stereocenters. The van der Waals surface area contributed by atoms with Crippen LogP contribution in [0, 0.1) is 5.92 Å². The first-order chi connectivity index (χ1) is 9.63. The van der Waals surface area contributed by atoms with Gasteiger partial charge in [0.25, 0.3) is 0 Å². The summed E-state index contributed by atoms with van der Waals surface area (Å²) >= 11 is 0. The first kappa shape index (κ1) is 13.0. The van der Waals surface area contributed by atoms with Crippen LogP contribution < -0.4 is 5.32 Å². The minimum Gasteiger partial charge on any atom is -0.481 e. The van der Waals surface area contributed by atoms with Crippen molar-refractivity contribution in [2.75, 3.05) is 18.4 Å². The Morgan fingerprint density at radius 3 is 2.90 bits per heavy atom. The van der Waals surface area contributed by atoms with E-state index in [2.05, 4.69) is 5.32 Å². The van der Waals surface area contributed by atoms with Crippen molar-refractivity contribution in [1.82, 2.24) is 4.90 Å². The Balaban J connectivity index is 1.60. The van der Waals surface area contributed by atoms with Crippen molar-refractivity contribution in [2.45, 2.75) is 25.3 Å². The third kappa shape index (κ3) is 2.48. The molecule has 0 radical (unpaired) electrons. The van der Waals surface area contributed by atoms with Gasteiger partial charge in [-0.25, -0.2) is 0 Å². The van der Waals surface area contributed by atoms with Gasteiger partial charge in [0, 0.05) is 31.6 Å². The second-order valence-corrected chi connectivity index (χ2v) is 5.60. The van der Waals surface area contributed by atoms with E-state index in [0.29, 0.717) is 13.1 Å². The lowest BCUT2D eigenvalue weighted by Gasteiger charge is -2.21. The van der Waals surface area contributed by atoms with Crippen molar-refractivity contribution in [1.29, 1.82) is 0 Å². The lowest BCUT2D eigenvalue weighted by molar-refractivity contribution is -0.138. The number of carbonyl (C=O) groups is 2. The number of benzene rings is 1. The number of amides is 1. The highest BCUT2D eigenvalue weighted by Gasteiger charge is 2.34. The summed E-state index contributed by atoms with van der Waals surface area (Å²) in [7, 11) is 0. The van der Waals surface area contributed by atoms with Gasteiger partial charge in [-0.3, -0.25) is 9.59 Å². The zero-order chi connectivity index (χ0) is 14.1. The number of rotatable bonds is 3. The molecular formula is C15H18N2O3. The average Bonchev–Trinajstić information content (AvgIpc) is 3.03. The number of anilines is 1. The fourth-order valence-corrected chi connectivity index (χ4v) is 3.11. The van der Waals surface area contributed by atoms with Crippen LogP contribution in [-0.4, -0.2) is 41.0 Å². The molecule has 20 heavy (non-hydrogen) atoms. The van der Waals surface area contributed by atoms with Gasteiger partial charge in [-0.1, -0.05) is 18.2 Å². The zero-order valence-corrected chi connectivity index (χ0v) is 11.2. The maximum atomic E-state index is 12.5. The fourth-order valence-electron chi connectivity index (χ4n) is 3.11. The van der Waals surface area contributed by atoms with Crippen LogP contribution in [0.4, 0.5) is 5.69 Å². The summed E-state index contributed by atoms with van der Waals surface area (Å²) in [6.07, 6.45) is 1.66. The van der Waals surface area contributed by atoms with E-state index in [1.54, 1.807) is 4.90 Å². The van der Waals surface area contributed by atoms with Crippen LogP contribution in [0.15, 0.2) is 24.3 Å². The Morgan fingerprint density at radius 1 is 1.35 bits per heavy atom. The minimum atomic E-state index is -0.782. The summed E-state index contributed by atoms with van der Waals surface area (Å²) in [4.78, 5) is 25.0. The van der Waals surface area contributed by atoms with Gasteiger partial charge in [-0.2, -0.15) is 0 Å². The van der Waals surface area contributed by atoms with Crippen LogP contribution in [-0.2, 0) is 16.0 Å². The van der Waals surface area contributed by atoms with Gasteiger partial charge in [0.05, 0.1) is 0 Å². The van der Waals surface area contributed by atoms with E-state index >= 15 is 0 Å². The van der Waals surface area contributed by atoms with Gasteiger partial charge in [-0.05, 0) is 24.0 Å². The molecule has 0 aromatic heterocycles. The van der Waals surface area contributed by atoms with E-state index < -0.39 is 5.97 Å². The lowest BCUT2D eigenvalue weighted by Crippen LogP contribution is -2.40. The van der Waals surface area contributed by atoms with E-state index in [1.165, 1.54) is 5.56 Å². The van der Waals surface area contributed by atoms with E-state index in [9.17, 15) is 9.59 Å². The van der Waals surface area contributed by atoms with Gasteiger partial charge < -0.3 is 15.3 Å². The number of aliphatic carboxylic acids is 1. The minimum absolute atomic E-state index is 0.0917. The number of likely N-dealkylation sites (tertiary alicyclic amines) is 1. The molecule has 1 fully saturated rings. The highest BCUT2D eigenvalue weighted by molar-refractivity contribution is 5.87. The van der Waals surface area contributed by atoms with E-state index in [1.807, 2.05) is 24.3 Å². The molecule has 2 heterocycles. The maximum Gasteiger partial charge on any atom is 0.303 e. The van der Waals surface area contributed by atoms with Crippen molar-refractivity contribution in [3.05, 3.63) is 29.8 Å². The number of hydrogen-bond acceptors (Lipinski definition) is 3.